The summed E-state index contributed by atoms with van der Waals surface area (Å²) in [6.07, 6.45) is 0. The second kappa shape index (κ2) is 8.20. The zero-order valence-electron chi connectivity index (χ0n) is 16.6. The molecule has 1 aromatic rings. The smallest absolute Gasteiger partial charge is 0.334 e. The number of carbonyl (C=O) groups is 5. The van der Waals surface area contributed by atoms with E-state index < -0.39 is 42.2 Å². The third kappa shape index (κ3) is 4.36. The molecule has 1 fully saturated rings. The number of nitrogens with zero attached hydrogens (tertiary/aromatic N) is 2. The van der Waals surface area contributed by atoms with Crippen molar-refractivity contribution < 1.29 is 24.0 Å². The van der Waals surface area contributed by atoms with E-state index in [-0.39, 0.29) is 6.54 Å². The molecule has 6 amide bonds. The molecule has 0 aromatic heterocycles. The third-order valence-corrected chi connectivity index (χ3v) is 4.29. The van der Waals surface area contributed by atoms with Crippen LogP contribution in [-0.4, -0.2) is 58.6 Å². The molecule has 2 rings (SSSR count). The lowest BCUT2D eigenvalue weighted by Crippen LogP contribution is -2.44. The molecule has 1 heterocycles. The molecule has 0 saturated carbocycles. The minimum absolute atomic E-state index is 0.330. The zero-order chi connectivity index (χ0) is 21.2. The van der Waals surface area contributed by atoms with Gasteiger partial charge in [-0.25, -0.2) is 9.69 Å². The van der Waals surface area contributed by atoms with E-state index in [9.17, 15) is 24.0 Å². The summed E-state index contributed by atoms with van der Waals surface area (Å²) >= 11 is 0. The van der Waals surface area contributed by atoms with Crippen molar-refractivity contribution in [1.82, 2.24) is 15.1 Å². The molecule has 0 bridgehead atoms. The van der Waals surface area contributed by atoms with Gasteiger partial charge in [0.05, 0.1) is 6.54 Å². The Morgan fingerprint density at radius 3 is 2.04 bits per heavy atom. The minimum atomic E-state index is -1.05. The van der Waals surface area contributed by atoms with Crippen LogP contribution in [0.2, 0.25) is 0 Å². The number of aryl methyl sites for hydroxylation is 3. The van der Waals surface area contributed by atoms with Gasteiger partial charge in [0, 0.05) is 11.7 Å². The van der Waals surface area contributed by atoms with Crippen LogP contribution >= 0.6 is 0 Å². The molecule has 9 nitrogen and oxygen atoms in total. The molecule has 0 spiro atoms. The predicted molar refractivity (Wildman–Crippen MR) is 101 cm³/mol. The number of nitrogens with one attached hydrogen (secondary N) is 2. The van der Waals surface area contributed by atoms with Crippen LogP contribution in [0.4, 0.5) is 10.5 Å². The van der Waals surface area contributed by atoms with E-state index >= 15 is 0 Å². The molecule has 1 aliphatic heterocycles. The quantitative estimate of drug-likeness (QED) is 0.554. The highest BCUT2D eigenvalue weighted by atomic mass is 16.2. The third-order valence-electron chi connectivity index (χ3n) is 4.29. The summed E-state index contributed by atoms with van der Waals surface area (Å²) in [6.45, 7) is 7.93. The minimum Gasteiger partial charge on any atom is -0.345 e. The van der Waals surface area contributed by atoms with Gasteiger partial charge in [0.15, 0.2) is 0 Å². The van der Waals surface area contributed by atoms with Gasteiger partial charge in [0.2, 0.25) is 11.8 Å². The van der Waals surface area contributed by atoms with Crippen molar-refractivity contribution in [2.45, 2.75) is 40.7 Å². The fourth-order valence-corrected chi connectivity index (χ4v) is 3.06. The Balaban J connectivity index is 1.92. The van der Waals surface area contributed by atoms with Gasteiger partial charge in [-0.05, 0) is 45.7 Å². The van der Waals surface area contributed by atoms with Crippen molar-refractivity contribution in [2.75, 3.05) is 18.4 Å². The average Bonchev–Trinajstić information content (AvgIpc) is 2.79. The topological polar surface area (TPSA) is 116 Å². The Morgan fingerprint density at radius 2 is 1.54 bits per heavy atom. The number of anilines is 1. The number of amides is 6. The fraction of sp³-hybridized carbons (Fsp3) is 0.421. The van der Waals surface area contributed by atoms with E-state index in [4.69, 9.17) is 0 Å². The van der Waals surface area contributed by atoms with Gasteiger partial charge >= 0.3 is 17.8 Å². The van der Waals surface area contributed by atoms with Crippen LogP contribution in [0, 0.1) is 20.8 Å². The Labute approximate surface area is 163 Å². The number of hydrogen-bond acceptors (Lipinski definition) is 5. The number of hydrogen-bond donors (Lipinski definition) is 2. The van der Waals surface area contributed by atoms with Crippen LogP contribution in [-0.2, 0) is 19.2 Å². The molecule has 9 heteroatoms. The molecule has 0 atom stereocenters. The molecule has 0 aliphatic carbocycles. The molecule has 0 unspecified atom stereocenters. The van der Waals surface area contributed by atoms with Crippen molar-refractivity contribution in [2.24, 2.45) is 0 Å². The van der Waals surface area contributed by atoms with Gasteiger partial charge in [-0.2, -0.15) is 0 Å². The molecule has 1 aromatic carbocycles. The summed E-state index contributed by atoms with van der Waals surface area (Å²) < 4.78 is 0. The van der Waals surface area contributed by atoms with E-state index in [1.165, 1.54) is 0 Å². The Kier molecular flexibility index (Phi) is 6.17. The van der Waals surface area contributed by atoms with Gasteiger partial charge in [0.25, 0.3) is 0 Å². The standard InChI is InChI=1S/C19H24N4O5/c1-10(2)23-18(27)17(26)22(19(23)28)9-15(25)20-8-14(24)21-16-12(4)6-11(3)7-13(16)5/h6-7,10H,8-9H2,1-5H3,(H,20,25)(H,21,24). The first-order valence-corrected chi connectivity index (χ1v) is 8.86. The van der Waals surface area contributed by atoms with Crippen LogP contribution in [0.3, 0.4) is 0 Å². The van der Waals surface area contributed by atoms with E-state index in [0.29, 0.717) is 10.6 Å². The van der Waals surface area contributed by atoms with Crippen LogP contribution < -0.4 is 10.6 Å². The fourth-order valence-electron chi connectivity index (χ4n) is 3.06. The lowest BCUT2D eigenvalue weighted by Gasteiger charge is -2.18. The maximum absolute atomic E-state index is 12.1. The lowest BCUT2D eigenvalue weighted by molar-refractivity contribution is -0.144. The Morgan fingerprint density at radius 1 is 0.964 bits per heavy atom. The van der Waals surface area contributed by atoms with Gasteiger partial charge in [-0.3, -0.25) is 24.1 Å². The summed E-state index contributed by atoms with van der Waals surface area (Å²) in [5.74, 6) is -3.17. The molecular formula is C19H24N4O5. The SMILES string of the molecule is Cc1cc(C)c(NC(=O)CNC(=O)CN2C(=O)C(=O)N(C(C)C)C2=O)c(C)c1. The Hall–Kier alpha value is -3.23. The first-order valence-electron chi connectivity index (χ1n) is 8.86. The molecule has 28 heavy (non-hydrogen) atoms. The molecule has 2 N–H and O–H groups in total. The summed E-state index contributed by atoms with van der Waals surface area (Å²) in [5, 5.41) is 5.09. The molecule has 0 radical (unpaired) electrons. The van der Waals surface area contributed by atoms with E-state index in [2.05, 4.69) is 10.6 Å². The normalized spacial score (nSPS) is 14.1. The molecular weight excluding hydrogens is 364 g/mol. The first-order chi connectivity index (χ1) is 13.0. The van der Waals surface area contributed by atoms with Crippen LogP contribution in [0.15, 0.2) is 12.1 Å². The summed E-state index contributed by atoms with van der Waals surface area (Å²) in [5.41, 5.74) is 3.55. The van der Waals surface area contributed by atoms with Gasteiger partial charge < -0.3 is 10.6 Å². The maximum Gasteiger partial charge on any atom is 0.334 e. The number of rotatable bonds is 6. The highest BCUT2D eigenvalue weighted by Crippen LogP contribution is 2.21. The van der Waals surface area contributed by atoms with E-state index in [0.717, 1.165) is 21.6 Å². The van der Waals surface area contributed by atoms with Crippen molar-refractivity contribution >= 4 is 35.3 Å². The highest BCUT2D eigenvalue weighted by Gasteiger charge is 2.46. The number of imide groups is 2. The lowest BCUT2D eigenvalue weighted by atomic mass is 10.1. The maximum atomic E-state index is 12.1. The van der Waals surface area contributed by atoms with E-state index in [1.54, 1.807) is 13.8 Å². The number of carbonyl (C=O) groups excluding carboxylic acids is 5. The second-order valence-corrected chi connectivity index (χ2v) is 7.04. The predicted octanol–water partition coefficient (Wildman–Crippen LogP) is 0.866. The summed E-state index contributed by atoms with van der Waals surface area (Å²) in [6, 6.07) is 2.53. The molecule has 150 valence electrons. The van der Waals surface area contributed by atoms with E-state index in [1.807, 2.05) is 32.9 Å². The Bertz CT molecular complexity index is 839. The van der Waals surface area contributed by atoms with Crippen molar-refractivity contribution in [3.8, 4) is 0 Å². The van der Waals surface area contributed by atoms with Crippen molar-refractivity contribution in [3.63, 3.8) is 0 Å². The molecule has 1 aliphatic rings. The first kappa shape index (κ1) is 21.1. The van der Waals surface area contributed by atoms with Crippen LogP contribution in [0.1, 0.15) is 30.5 Å². The second-order valence-electron chi connectivity index (χ2n) is 7.04. The number of benzene rings is 1. The van der Waals surface area contributed by atoms with Crippen LogP contribution in [0.25, 0.3) is 0 Å². The summed E-state index contributed by atoms with van der Waals surface area (Å²) in [7, 11) is 0. The number of urea groups is 1. The van der Waals surface area contributed by atoms with Gasteiger partial charge in [0.1, 0.15) is 6.54 Å². The highest BCUT2D eigenvalue weighted by molar-refractivity contribution is 6.45. The monoisotopic (exact) mass is 388 g/mol. The summed E-state index contributed by atoms with van der Waals surface area (Å²) in [4.78, 5) is 61.4. The van der Waals surface area contributed by atoms with Crippen molar-refractivity contribution in [1.29, 1.82) is 0 Å². The van der Waals surface area contributed by atoms with Crippen molar-refractivity contribution in [3.05, 3.63) is 28.8 Å². The average molecular weight is 388 g/mol. The van der Waals surface area contributed by atoms with Gasteiger partial charge in [-0.15, -0.1) is 0 Å². The largest absolute Gasteiger partial charge is 0.345 e. The van der Waals surface area contributed by atoms with Crippen LogP contribution in [0.5, 0.6) is 0 Å². The zero-order valence-corrected chi connectivity index (χ0v) is 16.6. The van der Waals surface area contributed by atoms with Gasteiger partial charge in [-0.1, -0.05) is 17.7 Å². The molecule has 1 saturated heterocycles.